The molecule has 0 aliphatic carbocycles. The lowest BCUT2D eigenvalue weighted by Gasteiger charge is -2.24. The zero-order chi connectivity index (χ0) is 9.26. The van der Waals surface area contributed by atoms with Gasteiger partial charge >= 0.3 is 0 Å². The van der Waals surface area contributed by atoms with Crippen molar-refractivity contribution in [2.45, 2.75) is 13.0 Å². The topological polar surface area (TPSA) is 46.3 Å². The van der Waals surface area contributed by atoms with Gasteiger partial charge in [0.15, 0.2) is 0 Å². The second-order valence-corrected chi connectivity index (χ2v) is 2.99. The number of rotatable bonds is 1. The molecule has 13 heavy (non-hydrogen) atoms. The molecule has 68 valence electrons. The fourth-order valence-electron chi connectivity index (χ4n) is 1.46. The zero-order valence-electron chi connectivity index (χ0n) is 7.19. The van der Waals surface area contributed by atoms with Crippen LogP contribution in [0.15, 0.2) is 23.4 Å². The number of hydrogen-bond acceptors (Lipinski definition) is 3. The van der Waals surface area contributed by atoms with E-state index in [0.717, 1.165) is 17.7 Å². The molecule has 4 nitrogen and oxygen atoms in total. The number of carbonyl (C=O) groups excluding carboxylic acids is 1. The summed E-state index contributed by atoms with van der Waals surface area (Å²) in [5.41, 5.74) is 1.00. The highest BCUT2D eigenvalue weighted by Crippen LogP contribution is 2.17. The highest BCUT2D eigenvalue weighted by Gasteiger charge is 2.21. The van der Waals surface area contributed by atoms with Crippen molar-refractivity contribution in [2.24, 2.45) is 0 Å². The molecule has 2 rings (SSSR count). The van der Waals surface area contributed by atoms with Gasteiger partial charge < -0.3 is 9.42 Å². The Morgan fingerprint density at radius 2 is 2.62 bits per heavy atom. The minimum atomic E-state index is -0.0353. The molecule has 2 heterocycles. The summed E-state index contributed by atoms with van der Waals surface area (Å²) in [6.07, 6.45) is 3.74. The molecule has 0 N–H and O–H groups in total. The van der Waals surface area contributed by atoms with Crippen LogP contribution in [0.2, 0.25) is 0 Å². The molecule has 1 aliphatic heterocycles. The second-order valence-electron chi connectivity index (χ2n) is 2.99. The van der Waals surface area contributed by atoms with Gasteiger partial charge in [0.25, 0.3) is 0 Å². The normalized spacial score (nSPS) is 15.2. The molecule has 0 saturated carbocycles. The molecule has 0 fully saturated rings. The van der Waals surface area contributed by atoms with Crippen LogP contribution in [0.4, 0.5) is 0 Å². The van der Waals surface area contributed by atoms with Crippen molar-refractivity contribution < 1.29 is 9.32 Å². The minimum Gasteiger partial charge on any atom is -0.361 e. The molecule has 1 amide bonds. The first kappa shape index (κ1) is 8.04. The second kappa shape index (κ2) is 3.05. The average Bonchev–Trinajstić information content (AvgIpc) is 2.63. The molecule has 0 atom stereocenters. The Bertz CT molecular complexity index is 343. The van der Waals surface area contributed by atoms with E-state index in [1.54, 1.807) is 11.1 Å². The molecule has 4 heteroatoms. The van der Waals surface area contributed by atoms with Crippen molar-refractivity contribution in [3.63, 3.8) is 0 Å². The Morgan fingerprint density at radius 3 is 3.38 bits per heavy atom. The van der Waals surface area contributed by atoms with Crippen molar-refractivity contribution in [2.75, 3.05) is 6.54 Å². The van der Waals surface area contributed by atoms with E-state index in [2.05, 4.69) is 11.7 Å². The van der Waals surface area contributed by atoms with Crippen LogP contribution in [0.25, 0.3) is 0 Å². The van der Waals surface area contributed by atoms with Crippen LogP contribution in [0.3, 0.4) is 0 Å². The number of amides is 1. The number of fused-ring (bicyclic) bond motifs is 1. The third kappa shape index (κ3) is 1.35. The number of carbonyl (C=O) groups is 1. The molecule has 1 aromatic rings. The van der Waals surface area contributed by atoms with Crippen molar-refractivity contribution >= 4 is 5.91 Å². The summed E-state index contributed by atoms with van der Waals surface area (Å²) >= 11 is 0. The smallest absolute Gasteiger partial charge is 0.246 e. The Hall–Kier alpha value is -1.58. The van der Waals surface area contributed by atoms with Gasteiger partial charge in [-0.3, -0.25) is 4.79 Å². The molecule has 0 aromatic carbocycles. The summed E-state index contributed by atoms with van der Waals surface area (Å²) in [7, 11) is 0. The predicted octanol–water partition coefficient (Wildman–Crippen LogP) is 0.745. The largest absolute Gasteiger partial charge is 0.361 e. The summed E-state index contributed by atoms with van der Waals surface area (Å²) in [5, 5.41) is 3.68. The Balaban J connectivity index is 2.17. The van der Waals surface area contributed by atoms with Crippen LogP contribution in [0, 0.1) is 0 Å². The highest BCUT2D eigenvalue weighted by atomic mass is 16.5. The van der Waals surface area contributed by atoms with Crippen LogP contribution in [-0.4, -0.2) is 22.5 Å². The van der Waals surface area contributed by atoms with E-state index in [0.29, 0.717) is 13.1 Å². The zero-order valence-corrected chi connectivity index (χ0v) is 7.19. The van der Waals surface area contributed by atoms with E-state index >= 15 is 0 Å². The maximum atomic E-state index is 11.3. The lowest BCUT2D eigenvalue weighted by molar-refractivity contribution is -0.126. The van der Waals surface area contributed by atoms with Crippen LogP contribution in [0.5, 0.6) is 0 Å². The van der Waals surface area contributed by atoms with E-state index in [-0.39, 0.29) is 5.91 Å². The molecule has 0 spiro atoms. The first-order chi connectivity index (χ1) is 6.31. The Morgan fingerprint density at radius 1 is 1.77 bits per heavy atom. The summed E-state index contributed by atoms with van der Waals surface area (Å²) in [6.45, 7) is 4.72. The quantitative estimate of drug-likeness (QED) is 0.596. The van der Waals surface area contributed by atoms with Gasteiger partial charge in [-0.2, -0.15) is 0 Å². The van der Waals surface area contributed by atoms with Gasteiger partial charge in [0.2, 0.25) is 5.91 Å². The summed E-state index contributed by atoms with van der Waals surface area (Å²) in [6, 6.07) is 0. The van der Waals surface area contributed by atoms with Crippen molar-refractivity contribution in [1.29, 1.82) is 0 Å². The van der Waals surface area contributed by atoms with E-state index in [1.807, 2.05) is 0 Å². The maximum absolute atomic E-state index is 11.3. The molecule has 1 aromatic heterocycles. The number of aromatic nitrogens is 1. The van der Waals surface area contributed by atoms with E-state index in [4.69, 9.17) is 4.52 Å². The average molecular weight is 178 g/mol. The van der Waals surface area contributed by atoms with Crippen LogP contribution in [-0.2, 0) is 17.8 Å². The fraction of sp³-hybridized carbons (Fsp3) is 0.333. The highest BCUT2D eigenvalue weighted by molar-refractivity contribution is 5.87. The summed E-state index contributed by atoms with van der Waals surface area (Å²) in [5.74, 6) is 0.861. The standard InChI is InChI=1S/C9H10N2O2/c1-2-9(12)11-4-3-8-7(6-11)5-10-13-8/h2,5H,1,3-4,6H2. The lowest BCUT2D eigenvalue weighted by atomic mass is 10.1. The molecule has 0 bridgehead atoms. The van der Waals surface area contributed by atoms with Gasteiger partial charge in [0, 0.05) is 18.5 Å². The van der Waals surface area contributed by atoms with Gasteiger partial charge in [-0.05, 0) is 6.08 Å². The summed E-state index contributed by atoms with van der Waals surface area (Å²) in [4.78, 5) is 13.0. The van der Waals surface area contributed by atoms with E-state index in [9.17, 15) is 4.79 Å². The van der Waals surface area contributed by atoms with Gasteiger partial charge in [-0.1, -0.05) is 11.7 Å². The van der Waals surface area contributed by atoms with E-state index in [1.165, 1.54) is 6.08 Å². The molecular weight excluding hydrogens is 168 g/mol. The number of hydrogen-bond donors (Lipinski definition) is 0. The summed E-state index contributed by atoms with van der Waals surface area (Å²) < 4.78 is 5.00. The SMILES string of the molecule is C=CC(=O)N1CCc2oncc2C1. The van der Waals surface area contributed by atoms with Crippen molar-refractivity contribution in [3.05, 3.63) is 30.2 Å². The Labute approximate surface area is 75.8 Å². The molecule has 0 radical (unpaired) electrons. The van der Waals surface area contributed by atoms with Crippen LogP contribution < -0.4 is 0 Å². The fourth-order valence-corrected chi connectivity index (χ4v) is 1.46. The third-order valence-corrected chi connectivity index (χ3v) is 2.19. The molecule has 0 saturated heterocycles. The predicted molar refractivity (Wildman–Crippen MR) is 45.8 cm³/mol. The van der Waals surface area contributed by atoms with Gasteiger partial charge in [-0.25, -0.2) is 0 Å². The molecule has 1 aliphatic rings. The first-order valence-corrected chi connectivity index (χ1v) is 4.15. The molecular formula is C9H10N2O2. The van der Waals surface area contributed by atoms with Crippen molar-refractivity contribution in [1.82, 2.24) is 10.1 Å². The minimum absolute atomic E-state index is 0.0353. The van der Waals surface area contributed by atoms with E-state index < -0.39 is 0 Å². The van der Waals surface area contributed by atoms with Crippen molar-refractivity contribution in [3.8, 4) is 0 Å². The first-order valence-electron chi connectivity index (χ1n) is 4.15. The maximum Gasteiger partial charge on any atom is 0.246 e. The van der Waals surface area contributed by atoms with Gasteiger partial charge in [0.05, 0.1) is 12.7 Å². The Kier molecular flexibility index (Phi) is 1.88. The van der Waals surface area contributed by atoms with Gasteiger partial charge in [0.1, 0.15) is 5.76 Å². The van der Waals surface area contributed by atoms with Gasteiger partial charge in [-0.15, -0.1) is 0 Å². The third-order valence-electron chi connectivity index (χ3n) is 2.19. The number of nitrogens with zero attached hydrogens (tertiary/aromatic N) is 2. The van der Waals surface area contributed by atoms with Crippen LogP contribution >= 0.6 is 0 Å². The van der Waals surface area contributed by atoms with Crippen LogP contribution in [0.1, 0.15) is 11.3 Å². The molecule has 0 unspecified atom stereocenters. The monoisotopic (exact) mass is 178 g/mol. The lowest BCUT2D eigenvalue weighted by Crippen LogP contribution is -2.34.